The second-order valence-electron chi connectivity index (χ2n) is 1.82. The minimum Gasteiger partial charge on any atom is -0.345 e. The van der Waals surface area contributed by atoms with Crippen LogP contribution in [0.25, 0.3) is 0 Å². The van der Waals surface area contributed by atoms with Crippen molar-refractivity contribution in [1.82, 2.24) is 10.5 Å². The van der Waals surface area contributed by atoms with E-state index in [0.29, 0.717) is 6.54 Å². The van der Waals surface area contributed by atoms with Gasteiger partial charge in [-0.05, 0) is 7.05 Å². The third-order valence-corrected chi connectivity index (χ3v) is 1.03. The molecule has 4 heteroatoms. The Labute approximate surface area is 58.4 Å². The molecule has 1 rings (SSSR count). The molecule has 1 N–H and O–H groups in total. The van der Waals surface area contributed by atoms with Crippen LogP contribution < -0.4 is 5.32 Å². The van der Waals surface area contributed by atoms with Gasteiger partial charge < -0.3 is 9.84 Å². The number of hydrogen-bond donors (Lipinski definition) is 1. The molecule has 0 spiro atoms. The third-order valence-electron chi connectivity index (χ3n) is 1.03. The molecule has 0 saturated heterocycles. The highest BCUT2D eigenvalue weighted by molar-refractivity contribution is 5.17. The van der Waals surface area contributed by atoms with E-state index in [4.69, 9.17) is 5.26 Å². The zero-order chi connectivity index (χ0) is 7.40. The van der Waals surface area contributed by atoms with Crippen molar-refractivity contribution in [1.29, 1.82) is 5.26 Å². The molecule has 1 aromatic rings. The average Bonchev–Trinajstić information content (AvgIpc) is 2.37. The molecule has 0 aromatic carbocycles. The second-order valence-corrected chi connectivity index (χ2v) is 1.82. The summed E-state index contributed by atoms with van der Waals surface area (Å²) in [6.07, 6.45) is 0. The summed E-state index contributed by atoms with van der Waals surface area (Å²) in [5.74, 6) is 0.255. The second kappa shape index (κ2) is 2.99. The maximum Gasteiger partial charge on any atom is 0.236 e. The molecule has 4 nitrogen and oxygen atoms in total. The number of hydrogen-bond acceptors (Lipinski definition) is 4. The maximum absolute atomic E-state index is 8.31. The van der Waals surface area contributed by atoms with Gasteiger partial charge in [-0.25, -0.2) is 0 Å². The lowest BCUT2D eigenvalue weighted by Gasteiger charge is -1.86. The molecule has 0 atom stereocenters. The molecule has 0 aliphatic carbocycles. The normalized spacial score (nSPS) is 9.20. The van der Waals surface area contributed by atoms with E-state index in [1.165, 1.54) is 0 Å². The van der Waals surface area contributed by atoms with Crippen molar-refractivity contribution < 1.29 is 4.52 Å². The highest BCUT2D eigenvalue weighted by Crippen LogP contribution is 1.99. The minimum absolute atomic E-state index is 0.255. The van der Waals surface area contributed by atoms with Gasteiger partial charge in [0.25, 0.3) is 0 Å². The number of rotatable bonds is 2. The van der Waals surface area contributed by atoms with Gasteiger partial charge in [-0.1, -0.05) is 5.16 Å². The van der Waals surface area contributed by atoms with Gasteiger partial charge in [0.15, 0.2) is 0 Å². The number of nitrogens with zero attached hydrogens (tertiary/aromatic N) is 2. The van der Waals surface area contributed by atoms with Crippen LogP contribution in [0.5, 0.6) is 0 Å². The first kappa shape index (κ1) is 6.78. The van der Waals surface area contributed by atoms with Crippen LogP contribution in [0.15, 0.2) is 10.6 Å². The Balaban J connectivity index is 2.71. The number of nitrogens with one attached hydrogen (secondary N) is 1. The minimum atomic E-state index is 0.255. The summed E-state index contributed by atoms with van der Waals surface area (Å²) in [7, 11) is 1.81. The van der Waals surface area contributed by atoms with E-state index in [-0.39, 0.29) is 5.76 Å². The fraction of sp³-hybridized carbons (Fsp3) is 0.333. The Morgan fingerprint density at radius 3 is 3.20 bits per heavy atom. The van der Waals surface area contributed by atoms with E-state index in [0.717, 1.165) is 5.69 Å². The predicted octanol–water partition coefficient (Wildman–Crippen LogP) is 0.266. The summed E-state index contributed by atoms with van der Waals surface area (Å²) in [6.45, 7) is 0.630. The molecule has 0 radical (unpaired) electrons. The molecule has 0 aliphatic rings. The molecule has 0 saturated carbocycles. The van der Waals surface area contributed by atoms with Gasteiger partial charge in [0.1, 0.15) is 6.07 Å². The van der Waals surface area contributed by atoms with Crippen molar-refractivity contribution in [2.24, 2.45) is 0 Å². The monoisotopic (exact) mass is 137 g/mol. The molecule has 0 aliphatic heterocycles. The molecule has 0 amide bonds. The van der Waals surface area contributed by atoms with Crippen LogP contribution in [-0.2, 0) is 6.54 Å². The first-order chi connectivity index (χ1) is 4.86. The van der Waals surface area contributed by atoms with Crippen LogP contribution in [0.3, 0.4) is 0 Å². The van der Waals surface area contributed by atoms with Crippen molar-refractivity contribution in [2.45, 2.75) is 6.54 Å². The molecular formula is C6H7N3O. The van der Waals surface area contributed by atoms with Crippen LogP contribution in [0.2, 0.25) is 0 Å². The molecule has 0 fully saturated rings. The van der Waals surface area contributed by atoms with Gasteiger partial charge in [0.05, 0.1) is 5.69 Å². The molecular weight excluding hydrogens is 130 g/mol. The van der Waals surface area contributed by atoms with E-state index in [1.54, 1.807) is 13.1 Å². The molecule has 0 unspecified atom stereocenters. The van der Waals surface area contributed by atoms with E-state index in [2.05, 4.69) is 15.0 Å². The Kier molecular flexibility index (Phi) is 2.03. The van der Waals surface area contributed by atoms with Crippen LogP contribution in [0, 0.1) is 11.3 Å². The lowest BCUT2D eigenvalue weighted by molar-refractivity contribution is 0.401. The van der Waals surface area contributed by atoms with Crippen LogP contribution >= 0.6 is 0 Å². The molecule has 52 valence electrons. The Morgan fingerprint density at radius 1 is 1.90 bits per heavy atom. The van der Waals surface area contributed by atoms with Gasteiger partial charge in [-0.15, -0.1) is 0 Å². The lowest BCUT2D eigenvalue weighted by atomic mass is 10.4. The van der Waals surface area contributed by atoms with Crippen LogP contribution in [-0.4, -0.2) is 12.2 Å². The molecule has 0 bridgehead atoms. The van der Waals surface area contributed by atoms with Gasteiger partial charge >= 0.3 is 0 Å². The SMILES string of the molecule is CNCc1cc(C#N)on1. The summed E-state index contributed by atoms with van der Waals surface area (Å²) < 4.78 is 4.62. The zero-order valence-electron chi connectivity index (χ0n) is 5.59. The highest BCUT2D eigenvalue weighted by Gasteiger charge is 1.99. The Bertz CT molecular complexity index is 248. The van der Waals surface area contributed by atoms with Crippen molar-refractivity contribution >= 4 is 0 Å². The maximum atomic E-state index is 8.31. The van der Waals surface area contributed by atoms with Gasteiger partial charge in [0.2, 0.25) is 5.76 Å². The fourth-order valence-electron chi connectivity index (χ4n) is 0.629. The fourth-order valence-corrected chi connectivity index (χ4v) is 0.629. The topological polar surface area (TPSA) is 61.9 Å². The highest BCUT2D eigenvalue weighted by atomic mass is 16.5. The summed E-state index contributed by atoms with van der Waals surface area (Å²) in [4.78, 5) is 0. The number of nitriles is 1. The molecule has 10 heavy (non-hydrogen) atoms. The standard InChI is InChI=1S/C6H7N3O/c1-8-4-5-2-6(3-7)10-9-5/h2,8H,4H2,1H3. The quantitative estimate of drug-likeness (QED) is 0.635. The largest absolute Gasteiger partial charge is 0.345 e. The van der Waals surface area contributed by atoms with Crippen molar-refractivity contribution in [3.05, 3.63) is 17.5 Å². The smallest absolute Gasteiger partial charge is 0.236 e. The predicted molar refractivity (Wildman–Crippen MR) is 34.0 cm³/mol. The first-order valence-corrected chi connectivity index (χ1v) is 2.87. The van der Waals surface area contributed by atoms with Crippen molar-refractivity contribution in [2.75, 3.05) is 7.05 Å². The van der Waals surface area contributed by atoms with Crippen molar-refractivity contribution in [3.63, 3.8) is 0 Å². The van der Waals surface area contributed by atoms with Crippen LogP contribution in [0.1, 0.15) is 11.5 Å². The Morgan fingerprint density at radius 2 is 2.70 bits per heavy atom. The third kappa shape index (κ3) is 1.33. The summed E-state index contributed by atoms with van der Waals surface area (Å²) in [6, 6.07) is 3.46. The lowest BCUT2D eigenvalue weighted by Crippen LogP contribution is -2.04. The summed E-state index contributed by atoms with van der Waals surface area (Å²) >= 11 is 0. The van der Waals surface area contributed by atoms with Crippen LogP contribution in [0.4, 0.5) is 0 Å². The van der Waals surface area contributed by atoms with Crippen molar-refractivity contribution in [3.8, 4) is 6.07 Å². The molecule has 1 heterocycles. The summed E-state index contributed by atoms with van der Waals surface area (Å²) in [5.41, 5.74) is 0.749. The number of aromatic nitrogens is 1. The first-order valence-electron chi connectivity index (χ1n) is 2.87. The Hall–Kier alpha value is -1.34. The van der Waals surface area contributed by atoms with E-state index in [9.17, 15) is 0 Å². The molecule has 1 aromatic heterocycles. The van der Waals surface area contributed by atoms with E-state index >= 15 is 0 Å². The zero-order valence-corrected chi connectivity index (χ0v) is 5.59. The summed E-state index contributed by atoms with van der Waals surface area (Å²) in [5, 5.41) is 14.8. The average molecular weight is 137 g/mol. The van der Waals surface area contributed by atoms with E-state index < -0.39 is 0 Å². The van der Waals surface area contributed by atoms with Gasteiger partial charge in [-0.3, -0.25) is 0 Å². The van der Waals surface area contributed by atoms with E-state index in [1.807, 2.05) is 6.07 Å². The van der Waals surface area contributed by atoms with Gasteiger partial charge in [-0.2, -0.15) is 5.26 Å². The van der Waals surface area contributed by atoms with Gasteiger partial charge in [0, 0.05) is 12.6 Å².